The first kappa shape index (κ1) is 28.3. The Morgan fingerprint density at radius 1 is 1.19 bits per heavy atom. The average Bonchev–Trinajstić information content (AvgIpc) is 3.52. The van der Waals surface area contributed by atoms with Crippen molar-refractivity contribution in [3.63, 3.8) is 0 Å². The van der Waals surface area contributed by atoms with E-state index in [1.54, 1.807) is 42.5 Å². The molecule has 1 saturated heterocycles. The van der Waals surface area contributed by atoms with Crippen LogP contribution in [0.25, 0.3) is 28.0 Å². The number of sulfone groups is 1. The van der Waals surface area contributed by atoms with E-state index in [-0.39, 0.29) is 24.1 Å². The molecule has 2 fully saturated rings. The van der Waals surface area contributed by atoms with E-state index in [1.165, 1.54) is 6.26 Å². The molecule has 1 N–H and O–H groups in total. The number of ether oxygens (including phenoxy) is 1. The molecule has 222 valence electrons. The fraction of sp³-hybridized carbons (Fsp3) is 0.448. The van der Waals surface area contributed by atoms with Crippen molar-refractivity contribution in [1.82, 2.24) is 24.7 Å². The summed E-state index contributed by atoms with van der Waals surface area (Å²) in [6.45, 7) is 4.40. The molecule has 0 radical (unpaired) electrons. The van der Waals surface area contributed by atoms with Crippen LogP contribution in [0.2, 0.25) is 0 Å². The van der Waals surface area contributed by atoms with Gasteiger partial charge in [-0.2, -0.15) is 5.10 Å². The van der Waals surface area contributed by atoms with Gasteiger partial charge in [-0.15, -0.1) is 0 Å². The molecule has 1 saturated carbocycles. The Morgan fingerprint density at radius 2 is 2.00 bits per heavy atom. The van der Waals surface area contributed by atoms with Gasteiger partial charge in [0.15, 0.2) is 5.82 Å². The van der Waals surface area contributed by atoms with Gasteiger partial charge in [-0.3, -0.25) is 9.97 Å². The fourth-order valence-corrected chi connectivity index (χ4v) is 7.16. The molecule has 13 heteroatoms. The number of methoxy groups -OCH3 is 1. The molecule has 1 aliphatic carbocycles. The predicted octanol–water partition coefficient (Wildman–Crippen LogP) is 4.66. The van der Waals surface area contributed by atoms with Crippen molar-refractivity contribution in [2.45, 2.75) is 51.1 Å². The summed E-state index contributed by atoms with van der Waals surface area (Å²) in [5.41, 5.74) is 3.60. The number of hydrogen-bond acceptors (Lipinski definition) is 9. The zero-order chi connectivity index (χ0) is 29.8. The van der Waals surface area contributed by atoms with Crippen LogP contribution in [0.5, 0.6) is 5.75 Å². The Hall–Kier alpha value is -3.87. The van der Waals surface area contributed by atoms with Crippen molar-refractivity contribution >= 4 is 32.2 Å². The van der Waals surface area contributed by atoms with Gasteiger partial charge in [0.05, 0.1) is 41.9 Å². The summed E-state index contributed by atoms with van der Waals surface area (Å²) in [6.07, 6.45) is 6.90. The maximum Gasteiger partial charge on any atom is 0.267 e. The third-order valence-electron chi connectivity index (χ3n) is 8.34. The molecule has 1 aliphatic heterocycles. The number of nitrogens with one attached hydrogen (secondary N) is 1. The van der Waals surface area contributed by atoms with Gasteiger partial charge in [-0.1, -0.05) is 0 Å². The average molecular weight is 598 g/mol. The Balaban J connectivity index is 1.44. The first-order valence-corrected chi connectivity index (χ1v) is 15.9. The highest BCUT2D eigenvalue weighted by Crippen LogP contribution is 2.39. The van der Waals surface area contributed by atoms with Gasteiger partial charge >= 0.3 is 0 Å². The monoisotopic (exact) mass is 597 g/mol. The second-order valence-electron chi connectivity index (χ2n) is 11.3. The number of pyridine rings is 3. The molecule has 6 rings (SSSR count). The minimum Gasteiger partial charge on any atom is -0.496 e. The third kappa shape index (κ3) is 5.25. The molecule has 3 atom stereocenters. The lowest BCUT2D eigenvalue weighted by Gasteiger charge is -2.48. The predicted molar refractivity (Wildman–Crippen MR) is 157 cm³/mol. The van der Waals surface area contributed by atoms with Crippen LogP contribution >= 0.6 is 0 Å². The van der Waals surface area contributed by atoms with Crippen LogP contribution in [-0.2, 0) is 9.84 Å². The molecule has 4 aromatic rings. The SMILES string of the molecule is COc1ccncc1-c1cc2c(cnn2-c2cc(N3C[C@H](CS(C)(=O)=O)[C@H]3C)cc(NC3CCCC3(F)F)n2)c(C)n1. The van der Waals surface area contributed by atoms with E-state index in [2.05, 4.69) is 20.3 Å². The second-order valence-corrected chi connectivity index (χ2v) is 13.5. The van der Waals surface area contributed by atoms with E-state index in [4.69, 9.17) is 14.7 Å². The number of hydrogen-bond donors (Lipinski definition) is 1. The largest absolute Gasteiger partial charge is 0.496 e. The Bertz CT molecular complexity index is 1760. The molecule has 0 bridgehead atoms. The standard InChI is InChI=1S/C29H33F2N7O3S/c1-17-21-14-33-38(24(21)12-23(34-17)22-13-32-9-7-25(22)41-3)28-11-20(37-15-19(18(37)2)16-42(4,39)40)10-27(36-28)35-26-6-5-8-29(26,30)31/h7,9-14,18-19,26H,5-6,8,15-16H2,1-4H3,(H,35,36)/t18-,19-,26?/m1/s1. The summed E-state index contributed by atoms with van der Waals surface area (Å²) < 4.78 is 60.3. The number of aromatic nitrogens is 5. The summed E-state index contributed by atoms with van der Waals surface area (Å²) in [5, 5.41) is 8.43. The number of fused-ring (bicyclic) bond motifs is 1. The van der Waals surface area contributed by atoms with Gasteiger partial charge in [0.25, 0.3) is 5.92 Å². The molecule has 5 heterocycles. The van der Waals surface area contributed by atoms with E-state index in [0.29, 0.717) is 42.5 Å². The first-order chi connectivity index (χ1) is 19.9. The summed E-state index contributed by atoms with van der Waals surface area (Å²) >= 11 is 0. The third-order valence-corrected chi connectivity index (χ3v) is 9.37. The molecule has 4 aromatic heterocycles. The summed E-state index contributed by atoms with van der Waals surface area (Å²) in [5.74, 6) is -1.37. The van der Waals surface area contributed by atoms with Crippen LogP contribution in [0.1, 0.15) is 31.9 Å². The van der Waals surface area contributed by atoms with Gasteiger partial charge in [0, 0.05) is 72.5 Å². The van der Waals surface area contributed by atoms with Crippen molar-refractivity contribution < 1.29 is 21.9 Å². The van der Waals surface area contributed by atoms with Gasteiger partial charge in [0.1, 0.15) is 21.4 Å². The van der Waals surface area contributed by atoms with Crippen LogP contribution in [0.15, 0.2) is 42.9 Å². The summed E-state index contributed by atoms with van der Waals surface area (Å²) in [6, 6.07) is 6.19. The van der Waals surface area contributed by atoms with Crippen molar-refractivity contribution in [3.8, 4) is 22.8 Å². The second kappa shape index (κ2) is 10.4. The number of halogens is 2. The van der Waals surface area contributed by atoms with Crippen molar-refractivity contribution in [2.75, 3.05) is 35.9 Å². The number of alkyl halides is 2. The Labute approximate surface area is 243 Å². The van der Waals surface area contributed by atoms with E-state index in [1.807, 2.05) is 26.0 Å². The molecule has 2 aliphatic rings. The molecule has 0 spiro atoms. The van der Waals surface area contributed by atoms with E-state index in [9.17, 15) is 17.2 Å². The maximum atomic E-state index is 14.6. The first-order valence-electron chi connectivity index (χ1n) is 13.9. The lowest BCUT2D eigenvalue weighted by molar-refractivity contribution is -0.000692. The topological polar surface area (TPSA) is 115 Å². The fourth-order valence-electron chi connectivity index (χ4n) is 5.99. The van der Waals surface area contributed by atoms with Crippen molar-refractivity contribution in [1.29, 1.82) is 0 Å². The highest BCUT2D eigenvalue weighted by Gasteiger charge is 2.44. The van der Waals surface area contributed by atoms with E-state index in [0.717, 1.165) is 27.8 Å². The normalized spacial score (nSPS) is 21.9. The highest BCUT2D eigenvalue weighted by molar-refractivity contribution is 7.90. The molecule has 1 unspecified atom stereocenters. The minimum absolute atomic E-state index is 0.0246. The van der Waals surface area contributed by atoms with Crippen LogP contribution in [0.3, 0.4) is 0 Å². The van der Waals surface area contributed by atoms with Gasteiger partial charge in [0.2, 0.25) is 0 Å². The molecule has 0 amide bonds. The Morgan fingerprint density at radius 3 is 2.69 bits per heavy atom. The number of rotatable bonds is 8. The van der Waals surface area contributed by atoms with Crippen LogP contribution < -0.4 is 15.0 Å². The van der Waals surface area contributed by atoms with Gasteiger partial charge < -0.3 is 15.0 Å². The maximum absolute atomic E-state index is 14.6. The van der Waals surface area contributed by atoms with Gasteiger partial charge in [-0.05, 0) is 38.8 Å². The molecule has 0 aromatic carbocycles. The quantitative estimate of drug-likeness (QED) is 0.310. The zero-order valence-electron chi connectivity index (χ0n) is 23.9. The van der Waals surface area contributed by atoms with Crippen LogP contribution in [0.4, 0.5) is 20.3 Å². The lowest BCUT2D eigenvalue weighted by Crippen LogP contribution is -2.57. The smallest absolute Gasteiger partial charge is 0.267 e. The van der Waals surface area contributed by atoms with Crippen LogP contribution in [0, 0.1) is 12.8 Å². The van der Waals surface area contributed by atoms with E-state index < -0.39 is 21.8 Å². The van der Waals surface area contributed by atoms with Crippen LogP contribution in [-0.4, -0.2) is 76.8 Å². The van der Waals surface area contributed by atoms with Gasteiger partial charge in [-0.25, -0.2) is 26.9 Å². The minimum atomic E-state index is -3.13. The highest BCUT2D eigenvalue weighted by atomic mass is 32.2. The molecular weight excluding hydrogens is 564 g/mol. The number of anilines is 2. The summed E-state index contributed by atoms with van der Waals surface area (Å²) in [4.78, 5) is 15.8. The van der Waals surface area contributed by atoms with E-state index >= 15 is 0 Å². The van der Waals surface area contributed by atoms with Crippen molar-refractivity contribution in [2.24, 2.45) is 5.92 Å². The molecule has 42 heavy (non-hydrogen) atoms. The number of aryl methyl sites for hydroxylation is 1. The lowest BCUT2D eigenvalue weighted by atomic mass is 9.91. The number of nitrogens with zero attached hydrogens (tertiary/aromatic N) is 6. The molecular formula is C29H33F2N7O3S. The molecule has 10 nitrogen and oxygen atoms in total. The van der Waals surface area contributed by atoms with Crippen molar-refractivity contribution in [3.05, 3.63) is 48.5 Å². The Kier molecular flexibility index (Phi) is 7.03. The zero-order valence-corrected chi connectivity index (χ0v) is 24.7. The summed E-state index contributed by atoms with van der Waals surface area (Å²) in [7, 11) is -1.55.